The van der Waals surface area contributed by atoms with Gasteiger partial charge in [0, 0.05) is 32.0 Å². The lowest BCUT2D eigenvalue weighted by Gasteiger charge is -2.19. The summed E-state index contributed by atoms with van der Waals surface area (Å²) in [5, 5.41) is 13.4. The van der Waals surface area contributed by atoms with E-state index < -0.39 is 12.1 Å². The van der Waals surface area contributed by atoms with Gasteiger partial charge in [0.25, 0.3) is 0 Å². The quantitative estimate of drug-likeness (QED) is 0.166. The zero-order valence-corrected chi connectivity index (χ0v) is 25.4. The minimum absolute atomic E-state index is 0.113. The predicted octanol–water partition coefficient (Wildman–Crippen LogP) is 3.12. The van der Waals surface area contributed by atoms with Crippen LogP contribution in [0, 0.1) is 5.92 Å². The van der Waals surface area contributed by atoms with Gasteiger partial charge in [-0.3, -0.25) is 9.59 Å². The third-order valence-corrected chi connectivity index (χ3v) is 4.92. The van der Waals surface area contributed by atoms with Gasteiger partial charge in [0.2, 0.25) is 11.8 Å². The number of likely N-dealkylation sites (N-methyl/N-ethyl adjacent to an activating group) is 1. The lowest BCUT2D eigenvalue weighted by atomic mass is 10.0. The zero-order valence-electron chi connectivity index (χ0n) is 25.4. The number of urea groups is 1. The van der Waals surface area contributed by atoms with Gasteiger partial charge in [-0.05, 0) is 49.9 Å². The first-order valence-electron chi connectivity index (χ1n) is 14.0. The van der Waals surface area contributed by atoms with Crippen molar-refractivity contribution in [3.05, 3.63) is 29.8 Å². The van der Waals surface area contributed by atoms with E-state index in [9.17, 15) is 19.2 Å². The second-order valence-corrected chi connectivity index (χ2v) is 8.73. The summed E-state index contributed by atoms with van der Waals surface area (Å²) in [5.41, 5.74) is 6.11. The summed E-state index contributed by atoms with van der Waals surface area (Å²) in [4.78, 5) is 45.7. The molecule has 0 radical (unpaired) electrons. The van der Waals surface area contributed by atoms with Crippen LogP contribution in [0.1, 0.15) is 66.4 Å². The average Bonchev–Trinajstić information content (AvgIpc) is 2.94. The van der Waals surface area contributed by atoms with Crippen molar-refractivity contribution in [3.8, 4) is 0 Å². The van der Waals surface area contributed by atoms with Gasteiger partial charge in [0.05, 0.1) is 12.6 Å². The first kappa shape index (κ1) is 38.8. The number of hydrogen-bond acceptors (Lipinski definition) is 7. The van der Waals surface area contributed by atoms with Crippen molar-refractivity contribution in [3.63, 3.8) is 0 Å². The number of nitrogens with one attached hydrogen (secondary N) is 5. The lowest BCUT2D eigenvalue weighted by Crippen LogP contribution is -2.47. The monoisotopic (exact) mass is 568 g/mol. The van der Waals surface area contributed by atoms with Gasteiger partial charge in [-0.15, -0.1) is 0 Å². The van der Waals surface area contributed by atoms with Gasteiger partial charge in [-0.2, -0.15) is 0 Å². The lowest BCUT2D eigenvalue weighted by molar-refractivity contribution is -0.126. The molecule has 1 atom stereocenters. The van der Waals surface area contributed by atoms with Crippen LogP contribution in [-0.2, 0) is 25.7 Å². The van der Waals surface area contributed by atoms with Crippen molar-refractivity contribution in [1.29, 1.82) is 0 Å². The first-order chi connectivity index (χ1) is 19.1. The van der Waals surface area contributed by atoms with E-state index in [1.165, 1.54) is 0 Å². The van der Waals surface area contributed by atoms with Crippen LogP contribution in [0.4, 0.5) is 15.3 Å². The van der Waals surface area contributed by atoms with Crippen molar-refractivity contribution >= 4 is 29.6 Å². The van der Waals surface area contributed by atoms with Gasteiger partial charge in [0.1, 0.15) is 6.61 Å². The second kappa shape index (κ2) is 25.9. The average molecular weight is 569 g/mol. The van der Waals surface area contributed by atoms with Crippen molar-refractivity contribution in [1.82, 2.24) is 21.3 Å². The van der Waals surface area contributed by atoms with E-state index in [4.69, 9.17) is 15.2 Å². The fourth-order valence-corrected chi connectivity index (χ4v) is 2.99. The van der Waals surface area contributed by atoms with Crippen LogP contribution in [0.2, 0.25) is 0 Å². The predicted molar refractivity (Wildman–Crippen MR) is 159 cm³/mol. The van der Waals surface area contributed by atoms with Gasteiger partial charge < -0.3 is 41.8 Å². The molecule has 1 unspecified atom stereocenters. The molecule has 0 bridgehead atoms. The smallest absolute Gasteiger partial charge is 0.407 e. The molecule has 1 rings (SSSR count). The number of ether oxygens (including phenoxy) is 2. The zero-order chi connectivity index (χ0) is 30.8. The van der Waals surface area contributed by atoms with Gasteiger partial charge in [-0.25, -0.2) is 9.59 Å². The molecule has 1 aromatic carbocycles. The molecule has 12 heteroatoms. The van der Waals surface area contributed by atoms with Crippen molar-refractivity contribution in [2.75, 3.05) is 45.2 Å². The highest BCUT2D eigenvalue weighted by Crippen LogP contribution is 2.10. The molecule has 0 aliphatic heterocycles. The summed E-state index contributed by atoms with van der Waals surface area (Å²) >= 11 is 0. The van der Waals surface area contributed by atoms with Crippen LogP contribution in [0.25, 0.3) is 0 Å². The maximum Gasteiger partial charge on any atom is 0.407 e. The maximum atomic E-state index is 12.1. The summed E-state index contributed by atoms with van der Waals surface area (Å²) in [6.45, 7) is 14.4. The summed E-state index contributed by atoms with van der Waals surface area (Å²) in [7, 11) is 1.71. The molecule has 7 N–H and O–H groups in total. The number of alkyl carbamates (subject to hydrolysis) is 1. The van der Waals surface area contributed by atoms with E-state index in [2.05, 4.69) is 26.6 Å². The topological polar surface area (TPSA) is 173 Å². The molecule has 12 nitrogen and oxygen atoms in total. The van der Waals surface area contributed by atoms with E-state index >= 15 is 0 Å². The van der Waals surface area contributed by atoms with Gasteiger partial charge >= 0.3 is 12.1 Å². The Balaban J connectivity index is 0. The number of carbonyl (C=O) groups is 4. The molecule has 5 amide bonds. The molecule has 40 heavy (non-hydrogen) atoms. The number of hydrogen-bond donors (Lipinski definition) is 6. The van der Waals surface area contributed by atoms with Crippen LogP contribution in [0.3, 0.4) is 0 Å². The molecule has 0 heterocycles. The fourth-order valence-electron chi connectivity index (χ4n) is 2.99. The summed E-state index contributed by atoms with van der Waals surface area (Å²) in [5.74, 6) is -0.421. The summed E-state index contributed by atoms with van der Waals surface area (Å²) < 4.78 is 10.5. The van der Waals surface area contributed by atoms with Crippen molar-refractivity contribution in [2.24, 2.45) is 11.7 Å². The van der Waals surface area contributed by atoms with Gasteiger partial charge in [0.15, 0.2) is 0 Å². The highest BCUT2D eigenvalue weighted by atomic mass is 16.5. The van der Waals surface area contributed by atoms with E-state index in [1.54, 1.807) is 31.3 Å². The summed E-state index contributed by atoms with van der Waals surface area (Å²) in [6.07, 6.45) is 2.16. The molecule has 0 spiro atoms. The Morgan fingerprint density at radius 2 is 1.55 bits per heavy atom. The van der Waals surface area contributed by atoms with E-state index in [0.717, 1.165) is 31.4 Å². The molecular formula is C28H52N6O6. The number of carbonyl (C=O) groups excluding carboxylic acids is 4. The van der Waals surface area contributed by atoms with Crippen LogP contribution in [0.5, 0.6) is 0 Å². The molecule has 230 valence electrons. The van der Waals surface area contributed by atoms with Crippen LogP contribution >= 0.6 is 0 Å². The largest absolute Gasteiger partial charge is 0.445 e. The fraction of sp³-hybridized carbons (Fsp3) is 0.643. The van der Waals surface area contributed by atoms with Gasteiger partial charge in [-0.1, -0.05) is 53.7 Å². The molecule has 0 aliphatic carbocycles. The standard InChI is InChI=1S/C22H36N4O5.C4H10N2O.C2H6/c1-5-12-30-13-6-11-24-22(29)31-15-17-7-9-18(10-8-17)26-19(27)14-25-21(28)20(23-4)16(2)3;1-2-3-6-4(5)7;1-2/h7-10,16,20,23H,5-6,11-15H2,1-4H3,(H,24,29)(H,25,28)(H,26,27);2-3H2,1H3,(H3,5,6,7);1-2H3. The highest BCUT2D eigenvalue weighted by molar-refractivity contribution is 5.95. The molecule has 0 saturated heterocycles. The second-order valence-electron chi connectivity index (χ2n) is 8.73. The van der Waals surface area contributed by atoms with Crippen molar-refractivity contribution < 1.29 is 28.7 Å². The van der Waals surface area contributed by atoms with Crippen LogP contribution < -0.4 is 32.3 Å². The SMILES string of the molecule is CC.CCCNC(N)=O.CCCOCCCNC(=O)OCc1ccc(NC(=O)CNC(=O)C(NC)C(C)C)cc1. The number of nitrogens with two attached hydrogens (primary N) is 1. The Labute approximate surface area is 239 Å². The normalized spacial score (nSPS) is 10.6. The van der Waals surface area contributed by atoms with Crippen LogP contribution in [0.15, 0.2) is 24.3 Å². The van der Waals surface area contributed by atoms with E-state index in [0.29, 0.717) is 25.4 Å². The number of primary amides is 1. The number of rotatable bonds is 16. The minimum Gasteiger partial charge on any atom is -0.445 e. The number of benzene rings is 1. The maximum absolute atomic E-state index is 12.1. The Hall–Kier alpha value is -3.38. The Kier molecular flexibility index (Phi) is 25.1. The molecule has 0 saturated carbocycles. The Bertz CT molecular complexity index is 820. The third-order valence-electron chi connectivity index (χ3n) is 4.92. The van der Waals surface area contributed by atoms with E-state index in [1.807, 2.05) is 41.5 Å². The number of anilines is 1. The molecule has 0 aromatic heterocycles. The first-order valence-corrected chi connectivity index (χ1v) is 14.0. The summed E-state index contributed by atoms with van der Waals surface area (Å²) in [6, 6.07) is 6.16. The van der Waals surface area contributed by atoms with Crippen molar-refractivity contribution in [2.45, 2.75) is 73.5 Å². The third kappa shape index (κ3) is 21.5. The van der Waals surface area contributed by atoms with E-state index in [-0.39, 0.29) is 36.9 Å². The van der Waals surface area contributed by atoms with Crippen LogP contribution in [-0.4, -0.2) is 69.9 Å². The minimum atomic E-state index is -0.482. The molecule has 0 aliphatic rings. The molecular weight excluding hydrogens is 516 g/mol. The Morgan fingerprint density at radius 3 is 2.05 bits per heavy atom. The Morgan fingerprint density at radius 1 is 0.900 bits per heavy atom. The highest BCUT2D eigenvalue weighted by Gasteiger charge is 2.20. The number of amides is 5. The molecule has 1 aromatic rings. The molecule has 0 fully saturated rings.